The number of hydrogen-bond acceptors (Lipinski definition) is 1. The molecule has 0 atom stereocenters. The van der Waals surface area contributed by atoms with Crippen molar-refractivity contribution in [1.29, 1.82) is 0 Å². The van der Waals surface area contributed by atoms with E-state index in [1.54, 1.807) is 0 Å². The molecule has 1 saturated heterocycles. The van der Waals surface area contributed by atoms with Crippen LogP contribution in [0.5, 0.6) is 0 Å². The largest absolute Gasteiger partial charge is 0.297 e. The molecule has 65 valence electrons. The Bertz CT molecular complexity index is 114. The molecule has 0 aliphatic carbocycles. The Labute approximate surface area is 66.4 Å². The molecule has 0 unspecified atom stereocenters. The molecule has 1 aliphatic rings. The van der Waals surface area contributed by atoms with Gasteiger partial charge in [0.15, 0.2) is 0 Å². The van der Waals surface area contributed by atoms with Crippen molar-refractivity contribution in [3.8, 4) is 0 Å². The second-order valence-electron chi connectivity index (χ2n) is 3.21. The molecule has 1 nitrogen and oxygen atoms in total. The Kier molecular flexibility index (Phi) is 2.82. The molecule has 1 fully saturated rings. The SMILES string of the molecule is CC(F)(F)CN1CC[CH]CC1. The van der Waals surface area contributed by atoms with Crippen molar-refractivity contribution >= 4 is 0 Å². The van der Waals surface area contributed by atoms with E-state index in [1.807, 2.05) is 4.90 Å². The monoisotopic (exact) mass is 162 g/mol. The van der Waals surface area contributed by atoms with E-state index in [4.69, 9.17) is 0 Å². The second kappa shape index (κ2) is 3.48. The molecule has 0 amide bonds. The van der Waals surface area contributed by atoms with Gasteiger partial charge in [-0.25, -0.2) is 8.78 Å². The highest BCUT2D eigenvalue weighted by atomic mass is 19.3. The number of hydrogen-bond donors (Lipinski definition) is 0. The van der Waals surface area contributed by atoms with Crippen LogP contribution in [0.15, 0.2) is 0 Å². The molecule has 0 aromatic carbocycles. The number of piperidine rings is 1. The maximum atomic E-state index is 12.5. The van der Waals surface area contributed by atoms with Gasteiger partial charge in [0.2, 0.25) is 0 Å². The van der Waals surface area contributed by atoms with Crippen LogP contribution in [0.1, 0.15) is 19.8 Å². The maximum absolute atomic E-state index is 12.5. The molecule has 3 heteroatoms. The van der Waals surface area contributed by atoms with Crippen molar-refractivity contribution in [1.82, 2.24) is 4.90 Å². The highest BCUT2D eigenvalue weighted by Gasteiger charge is 2.25. The molecular weight excluding hydrogens is 148 g/mol. The molecule has 0 aromatic rings. The van der Waals surface area contributed by atoms with Crippen LogP contribution < -0.4 is 0 Å². The third kappa shape index (κ3) is 3.65. The highest BCUT2D eigenvalue weighted by molar-refractivity contribution is 4.78. The Morgan fingerprint density at radius 1 is 1.36 bits per heavy atom. The number of alkyl halides is 2. The van der Waals surface area contributed by atoms with Gasteiger partial charge < -0.3 is 0 Å². The first-order chi connectivity index (χ1) is 5.08. The maximum Gasteiger partial charge on any atom is 0.257 e. The molecule has 0 saturated carbocycles. The van der Waals surface area contributed by atoms with Gasteiger partial charge in [-0.3, -0.25) is 4.90 Å². The zero-order valence-corrected chi connectivity index (χ0v) is 6.82. The molecule has 0 aromatic heterocycles. The standard InChI is InChI=1S/C8H14F2N/c1-8(9,10)7-11-5-3-2-4-6-11/h2H,3-7H2,1H3. The van der Waals surface area contributed by atoms with Crippen molar-refractivity contribution in [3.05, 3.63) is 6.42 Å². The Balaban J connectivity index is 2.24. The minimum absolute atomic E-state index is 0.0825. The van der Waals surface area contributed by atoms with Gasteiger partial charge in [0.1, 0.15) is 0 Å². The first-order valence-corrected chi connectivity index (χ1v) is 4.00. The van der Waals surface area contributed by atoms with Gasteiger partial charge in [0.25, 0.3) is 5.92 Å². The molecule has 0 N–H and O–H groups in total. The normalized spacial score (nSPS) is 22.1. The predicted octanol–water partition coefficient (Wildman–Crippen LogP) is 1.94. The lowest BCUT2D eigenvalue weighted by atomic mass is 10.1. The second-order valence-corrected chi connectivity index (χ2v) is 3.21. The predicted molar refractivity (Wildman–Crippen MR) is 40.6 cm³/mol. The minimum Gasteiger partial charge on any atom is -0.297 e. The number of nitrogens with zero attached hydrogens (tertiary/aromatic N) is 1. The fourth-order valence-electron chi connectivity index (χ4n) is 1.35. The van der Waals surface area contributed by atoms with Gasteiger partial charge in [0, 0.05) is 6.92 Å². The summed E-state index contributed by atoms with van der Waals surface area (Å²) < 4.78 is 24.9. The average molecular weight is 162 g/mol. The highest BCUT2D eigenvalue weighted by Crippen LogP contribution is 2.16. The van der Waals surface area contributed by atoms with Crippen LogP contribution in [-0.2, 0) is 0 Å². The van der Waals surface area contributed by atoms with Gasteiger partial charge in [0.05, 0.1) is 6.54 Å². The van der Waals surface area contributed by atoms with E-state index < -0.39 is 5.92 Å². The Hall–Kier alpha value is -0.180. The molecule has 0 bridgehead atoms. The lowest BCUT2D eigenvalue weighted by Gasteiger charge is -2.28. The number of rotatable bonds is 2. The van der Waals surface area contributed by atoms with Crippen LogP contribution >= 0.6 is 0 Å². The molecule has 1 rings (SSSR count). The van der Waals surface area contributed by atoms with E-state index in [1.165, 1.54) is 0 Å². The van der Waals surface area contributed by atoms with Crippen LogP contribution in [0, 0.1) is 6.42 Å². The quantitative estimate of drug-likeness (QED) is 0.599. The molecular formula is C8H14F2N. The number of likely N-dealkylation sites (tertiary alicyclic amines) is 1. The fourth-order valence-corrected chi connectivity index (χ4v) is 1.35. The minimum atomic E-state index is -2.53. The first-order valence-electron chi connectivity index (χ1n) is 4.00. The van der Waals surface area contributed by atoms with Crippen LogP contribution in [0.25, 0.3) is 0 Å². The van der Waals surface area contributed by atoms with Crippen LogP contribution in [0.2, 0.25) is 0 Å². The summed E-state index contributed by atoms with van der Waals surface area (Å²) in [5.41, 5.74) is 0. The van der Waals surface area contributed by atoms with E-state index in [-0.39, 0.29) is 6.54 Å². The zero-order chi connectivity index (χ0) is 8.32. The molecule has 11 heavy (non-hydrogen) atoms. The third-order valence-electron chi connectivity index (χ3n) is 1.80. The number of halogens is 2. The van der Waals surface area contributed by atoms with E-state index in [0.29, 0.717) is 0 Å². The lowest BCUT2D eigenvalue weighted by Crippen LogP contribution is -2.38. The summed E-state index contributed by atoms with van der Waals surface area (Å²) in [6.45, 7) is 2.49. The summed E-state index contributed by atoms with van der Waals surface area (Å²) in [5.74, 6) is -2.53. The fraction of sp³-hybridized carbons (Fsp3) is 0.875. The molecule has 0 spiro atoms. The van der Waals surface area contributed by atoms with Crippen molar-refractivity contribution in [2.75, 3.05) is 19.6 Å². The van der Waals surface area contributed by atoms with Crippen LogP contribution in [0.3, 0.4) is 0 Å². The molecule has 1 heterocycles. The smallest absolute Gasteiger partial charge is 0.257 e. The molecule has 1 aliphatic heterocycles. The van der Waals surface area contributed by atoms with Gasteiger partial charge in [-0.2, -0.15) is 0 Å². The third-order valence-corrected chi connectivity index (χ3v) is 1.80. The Morgan fingerprint density at radius 2 is 1.91 bits per heavy atom. The zero-order valence-electron chi connectivity index (χ0n) is 6.82. The summed E-state index contributed by atoms with van der Waals surface area (Å²) >= 11 is 0. The van der Waals surface area contributed by atoms with Gasteiger partial charge in [-0.1, -0.05) is 0 Å². The summed E-state index contributed by atoms with van der Waals surface area (Å²) in [4.78, 5) is 1.82. The summed E-state index contributed by atoms with van der Waals surface area (Å²) in [7, 11) is 0. The summed E-state index contributed by atoms with van der Waals surface area (Å²) in [6.07, 6.45) is 4.07. The topological polar surface area (TPSA) is 3.24 Å². The van der Waals surface area contributed by atoms with E-state index in [2.05, 4.69) is 6.42 Å². The molecule has 1 radical (unpaired) electrons. The van der Waals surface area contributed by atoms with Crippen molar-refractivity contribution < 1.29 is 8.78 Å². The van der Waals surface area contributed by atoms with E-state index in [9.17, 15) is 8.78 Å². The van der Waals surface area contributed by atoms with Crippen molar-refractivity contribution in [2.45, 2.75) is 25.7 Å². The van der Waals surface area contributed by atoms with Gasteiger partial charge >= 0.3 is 0 Å². The summed E-state index contributed by atoms with van der Waals surface area (Å²) in [6, 6.07) is 0. The average Bonchev–Trinajstić information content (AvgIpc) is 1.85. The van der Waals surface area contributed by atoms with Crippen molar-refractivity contribution in [3.63, 3.8) is 0 Å². The van der Waals surface area contributed by atoms with E-state index in [0.717, 1.165) is 32.9 Å². The van der Waals surface area contributed by atoms with Crippen molar-refractivity contribution in [2.24, 2.45) is 0 Å². The van der Waals surface area contributed by atoms with Gasteiger partial charge in [-0.05, 0) is 32.4 Å². The lowest BCUT2D eigenvalue weighted by molar-refractivity contribution is -0.0164. The first kappa shape index (κ1) is 8.91. The van der Waals surface area contributed by atoms with E-state index >= 15 is 0 Å². The van der Waals surface area contributed by atoms with Crippen LogP contribution in [-0.4, -0.2) is 30.5 Å². The van der Waals surface area contributed by atoms with Crippen LogP contribution in [0.4, 0.5) is 8.78 Å². The Morgan fingerprint density at radius 3 is 2.36 bits per heavy atom. The van der Waals surface area contributed by atoms with Gasteiger partial charge in [-0.15, -0.1) is 0 Å². The summed E-state index contributed by atoms with van der Waals surface area (Å²) in [5, 5.41) is 0.